The molecule has 0 saturated carbocycles. The normalized spacial score (nSPS) is 11.2. The van der Waals surface area contributed by atoms with Crippen molar-refractivity contribution in [1.29, 1.82) is 0 Å². The van der Waals surface area contributed by atoms with Gasteiger partial charge in [0.25, 0.3) is 11.8 Å². The van der Waals surface area contributed by atoms with Crippen molar-refractivity contribution in [3.8, 4) is 5.75 Å². The molecule has 1 atom stereocenters. The average Bonchev–Trinajstić information content (AvgIpc) is 2.71. The fourth-order valence-corrected chi connectivity index (χ4v) is 2.42. The zero-order valence-electron chi connectivity index (χ0n) is 16.2. The summed E-state index contributed by atoms with van der Waals surface area (Å²) < 4.78 is 10.7. The van der Waals surface area contributed by atoms with Crippen molar-refractivity contribution in [3.63, 3.8) is 0 Å². The molecule has 148 valence electrons. The van der Waals surface area contributed by atoms with Gasteiger partial charge in [-0.15, -0.1) is 0 Å². The molecule has 0 aliphatic heterocycles. The van der Waals surface area contributed by atoms with Crippen LogP contribution < -0.4 is 10.1 Å². The molecule has 0 spiro atoms. The Bertz CT molecular complexity index is 803. The average molecular weight is 384 g/mol. The smallest absolute Gasteiger partial charge is 0.326 e. The van der Waals surface area contributed by atoms with E-state index in [2.05, 4.69) is 5.32 Å². The molecule has 0 aromatic heterocycles. The standard InChI is InChI=1S/C21H24N2O5/c1-4-27-17-12-10-16(11-13-17)20(25)22-14-18(24)28-19(21(26)23(2)3)15-8-6-5-7-9-15/h5-13,19H,4,14H2,1-3H3,(H,22,25)/t19-/m1/s1. The highest BCUT2D eigenvalue weighted by atomic mass is 16.5. The number of nitrogens with zero attached hydrogens (tertiary/aromatic N) is 1. The number of rotatable bonds is 8. The molecule has 28 heavy (non-hydrogen) atoms. The van der Waals surface area contributed by atoms with Crippen LogP contribution in [0.5, 0.6) is 5.75 Å². The maximum atomic E-state index is 12.4. The van der Waals surface area contributed by atoms with Crippen LogP contribution >= 0.6 is 0 Å². The van der Waals surface area contributed by atoms with Gasteiger partial charge in [0.2, 0.25) is 6.10 Å². The number of amides is 2. The number of hydrogen-bond donors (Lipinski definition) is 1. The van der Waals surface area contributed by atoms with Crippen molar-refractivity contribution in [2.75, 3.05) is 27.2 Å². The monoisotopic (exact) mass is 384 g/mol. The van der Waals surface area contributed by atoms with Crippen molar-refractivity contribution in [2.45, 2.75) is 13.0 Å². The summed E-state index contributed by atoms with van der Waals surface area (Å²) in [5.74, 6) is -0.831. The van der Waals surface area contributed by atoms with Gasteiger partial charge in [0.15, 0.2) is 0 Å². The Balaban J connectivity index is 1.96. The van der Waals surface area contributed by atoms with Gasteiger partial charge in [0.05, 0.1) is 6.61 Å². The van der Waals surface area contributed by atoms with Gasteiger partial charge in [-0.05, 0) is 31.2 Å². The van der Waals surface area contributed by atoms with Crippen LogP contribution in [-0.2, 0) is 14.3 Å². The molecule has 0 radical (unpaired) electrons. The van der Waals surface area contributed by atoms with Gasteiger partial charge in [0, 0.05) is 25.2 Å². The van der Waals surface area contributed by atoms with E-state index in [4.69, 9.17) is 9.47 Å². The van der Waals surface area contributed by atoms with Gasteiger partial charge in [-0.3, -0.25) is 14.4 Å². The molecular formula is C21H24N2O5. The van der Waals surface area contributed by atoms with E-state index in [0.717, 1.165) is 0 Å². The molecular weight excluding hydrogens is 360 g/mol. The van der Waals surface area contributed by atoms with E-state index >= 15 is 0 Å². The first kappa shape index (κ1) is 21.0. The van der Waals surface area contributed by atoms with Crippen molar-refractivity contribution in [1.82, 2.24) is 10.2 Å². The second-order valence-corrected chi connectivity index (χ2v) is 6.15. The number of ether oxygens (including phenoxy) is 2. The summed E-state index contributed by atoms with van der Waals surface area (Å²) in [6, 6.07) is 15.3. The Morgan fingerprint density at radius 1 is 1.00 bits per heavy atom. The predicted octanol–water partition coefficient (Wildman–Crippen LogP) is 2.19. The highest BCUT2D eigenvalue weighted by Crippen LogP contribution is 2.19. The third-order valence-corrected chi connectivity index (χ3v) is 3.84. The number of carbonyl (C=O) groups is 3. The lowest BCUT2D eigenvalue weighted by molar-refractivity contribution is -0.158. The molecule has 1 N–H and O–H groups in total. The van der Waals surface area contributed by atoms with E-state index in [0.29, 0.717) is 23.5 Å². The Kier molecular flexibility index (Phi) is 7.56. The Labute approximate surface area is 164 Å². The van der Waals surface area contributed by atoms with E-state index in [1.54, 1.807) is 68.7 Å². The van der Waals surface area contributed by atoms with Crippen molar-refractivity contribution < 1.29 is 23.9 Å². The summed E-state index contributed by atoms with van der Waals surface area (Å²) in [7, 11) is 3.17. The van der Waals surface area contributed by atoms with Crippen LogP contribution in [0.1, 0.15) is 28.9 Å². The molecule has 0 heterocycles. The zero-order valence-corrected chi connectivity index (χ0v) is 16.2. The van der Waals surface area contributed by atoms with Crippen LogP contribution in [0.4, 0.5) is 0 Å². The number of likely N-dealkylation sites (N-methyl/N-ethyl adjacent to an activating group) is 1. The molecule has 2 aromatic rings. The van der Waals surface area contributed by atoms with Crippen LogP contribution in [0.2, 0.25) is 0 Å². The molecule has 2 aromatic carbocycles. The SMILES string of the molecule is CCOc1ccc(C(=O)NCC(=O)O[C@@H](C(=O)N(C)C)c2ccccc2)cc1. The lowest BCUT2D eigenvalue weighted by atomic mass is 10.1. The molecule has 2 amide bonds. The van der Waals surface area contributed by atoms with Gasteiger partial charge in [0.1, 0.15) is 12.3 Å². The fraction of sp³-hybridized carbons (Fsp3) is 0.286. The van der Waals surface area contributed by atoms with Crippen molar-refractivity contribution in [3.05, 3.63) is 65.7 Å². The number of esters is 1. The first-order valence-corrected chi connectivity index (χ1v) is 8.89. The van der Waals surface area contributed by atoms with E-state index in [1.807, 2.05) is 6.92 Å². The predicted molar refractivity (Wildman–Crippen MR) is 104 cm³/mol. The van der Waals surface area contributed by atoms with Gasteiger partial charge in [-0.1, -0.05) is 30.3 Å². The molecule has 0 fully saturated rings. The summed E-state index contributed by atoms with van der Waals surface area (Å²) in [6.45, 7) is 2.05. The summed E-state index contributed by atoms with van der Waals surface area (Å²) in [5.41, 5.74) is 0.951. The van der Waals surface area contributed by atoms with Crippen LogP contribution in [0, 0.1) is 0 Å². The maximum absolute atomic E-state index is 12.4. The minimum atomic E-state index is -1.06. The second kappa shape index (κ2) is 10.1. The van der Waals surface area contributed by atoms with E-state index in [9.17, 15) is 14.4 Å². The minimum absolute atomic E-state index is 0.351. The van der Waals surface area contributed by atoms with E-state index < -0.39 is 18.0 Å². The van der Waals surface area contributed by atoms with E-state index in [1.165, 1.54) is 4.90 Å². The molecule has 2 rings (SSSR count). The number of nitrogens with one attached hydrogen (secondary N) is 1. The van der Waals surface area contributed by atoms with E-state index in [-0.39, 0.29) is 12.5 Å². The molecule has 0 bridgehead atoms. The van der Waals surface area contributed by atoms with Gasteiger partial charge < -0.3 is 19.7 Å². The fourth-order valence-electron chi connectivity index (χ4n) is 2.42. The van der Waals surface area contributed by atoms with Gasteiger partial charge >= 0.3 is 5.97 Å². The minimum Gasteiger partial charge on any atom is -0.494 e. The largest absolute Gasteiger partial charge is 0.494 e. The summed E-state index contributed by atoms with van der Waals surface area (Å²) in [4.78, 5) is 38.1. The quantitative estimate of drug-likeness (QED) is 0.705. The lowest BCUT2D eigenvalue weighted by Crippen LogP contribution is -2.35. The van der Waals surface area contributed by atoms with Crippen LogP contribution in [0.15, 0.2) is 54.6 Å². The number of carbonyl (C=O) groups excluding carboxylic acids is 3. The van der Waals surface area contributed by atoms with Crippen LogP contribution in [-0.4, -0.2) is 49.9 Å². The summed E-state index contributed by atoms with van der Waals surface area (Å²) >= 11 is 0. The number of hydrogen-bond acceptors (Lipinski definition) is 5. The molecule has 0 unspecified atom stereocenters. The van der Waals surface area contributed by atoms with Crippen LogP contribution in [0.3, 0.4) is 0 Å². The third kappa shape index (κ3) is 5.84. The van der Waals surface area contributed by atoms with Crippen molar-refractivity contribution >= 4 is 17.8 Å². The molecule has 0 aliphatic rings. The van der Waals surface area contributed by atoms with Gasteiger partial charge in [-0.25, -0.2) is 0 Å². The van der Waals surface area contributed by atoms with Gasteiger partial charge in [-0.2, -0.15) is 0 Å². The molecule has 7 nitrogen and oxygen atoms in total. The number of benzene rings is 2. The highest BCUT2D eigenvalue weighted by Gasteiger charge is 2.26. The first-order chi connectivity index (χ1) is 13.4. The zero-order chi connectivity index (χ0) is 20.5. The molecule has 0 aliphatic carbocycles. The van der Waals surface area contributed by atoms with Crippen LogP contribution in [0.25, 0.3) is 0 Å². The van der Waals surface area contributed by atoms with Crippen molar-refractivity contribution in [2.24, 2.45) is 0 Å². The second-order valence-electron chi connectivity index (χ2n) is 6.15. The molecule has 7 heteroatoms. The maximum Gasteiger partial charge on any atom is 0.326 e. The lowest BCUT2D eigenvalue weighted by Gasteiger charge is -2.21. The Hall–Kier alpha value is -3.35. The highest BCUT2D eigenvalue weighted by molar-refractivity contribution is 5.96. The third-order valence-electron chi connectivity index (χ3n) is 3.84. The Morgan fingerprint density at radius 2 is 1.64 bits per heavy atom. The topological polar surface area (TPSA) is 84.9 Å². The Morgan fingerprint density at radius 3 is 2.21 bits per heavy atom. The summed E-state index contributed by atoms with van der Waals surface area (Å²) in [6.07, 6.45) is -1.06. The summed E-state index contributed by atoms with van der Waals surface area (Å²) in [5, 5.41) is 2.50. The first-order valence-electron chi connectivity index (χ1n) is 8.89. The molecule has 0 saturated heterocycles.